The Morgan fingerprint density at radius 3 is 2.76 bits per heavy atom. The Morgan fingerprint density at radius 1 is 1.41 bits per heavy atom. The Hall–Kier alpha value is -1.32. The fourth-order valence-electron chi connectivity index (χ4n) is 1.71. The molecule has 0 amide bonds. The predicted molar refractivity (Wildman–Crippen MR) is 63.5 cm³/mol. The van der Waals surface area contributed by atoms with Gasteiger partial charge in [0.1, 0.15) is 17.7 Å². The third-order valence-electron chi connectivity index (χ3n) is 2.63. The van der Waals surface area contributed by atoms with E-state index in [2.05, 4.69) is 0 Å². The predicted octanol–water partition coefficient (Wildman–Crippen LogP) is 3.66. The molecule has 90 valence electrons. The Morgan fingerprint density at radius 2 is 2.18 bits per heavy atom. The minimum Gasteiger partial charge on any atom is -0.466 e. The zero-order valence-corrected chi connectivity index (χ0v) is 10.0. The summed E-state index contributed by atoms with van der Waals surface area (Å²) in [6.45, 7) is 1.83. The number of benzene rings is 1. The summed E-state index contributed by atoms with van der Waals surface area (Å²) in [5.41, 5.74) is 1.27. The maximum atomic E-state index is 13.5. The first-order valence-corrected chi connectivity index (χ1v) is 5.61. The topological polar surface area (TPSA) is 33.4 Å². The Balaban J connectivity index is 2.19. The van der Waals surface area contributed by atoms with Crippen molar-refractivity contribution in [1.29, 1.82) is 0 Å². The Bertz CT molecular complexity index is 522. The third kappa shape index (κ3) is 2.68. The largest absolute Gasteiger partial charge is 0.466 e. The van der Waals surface area contributed by atoms with Gasteiger partial charge in [-0.1, -0.05) is 17.7 Å². The molecule has 2 nitrogen and oxygen atoms in total. The van der Waals surface area contributed by atoms with E-state index in [0.29, 0.717) is 16.3 Å². The SMILES string of the molecule is Cc1ccoc1C(O)Cc1ccc(Cl)cc1F. The van der Waals surface area contributed by atoms with Crippen molar-refractivity contribution < 1.29 is 13.9 Å². The van der Waals surface area contributed by atoms with Gasteiger partial charge in [0.05, 0.1) is 6.26 Å². The quantitative estimate of drug-likeness (QED) is 0.907. The number of hydrogen-bond donors (Lipinski definition) is 1. The number of furan rings is 1. The van der Waals surface area contributed by atoms with E-state index in [9.17, 15) is 9.50 Å². The summed E-state index contributed by atoms with van der Waals surface area (Å²) in [7, 11) is 0. The first-order chi connectivity index (χ1) is 8.08. The summed E-state index contributed by atoms with van der Waals surface area (Å²) in [5.74, 6) is 0.0557. The number of rotatable bonds is 3. The summed E-state index contributed by atoms with van der Waals surface area (Å²) in [6, 6.07) is 6.16. The summed E-state index contributed by atoms with van der Waals surface area (Å²) in [4.78, 5) is 0. The Kier molecular flexibility index (Phi) is 3.50. The van der Waals surface area contributed by atoms with E-state index in [1.54, 1.807) is 18.2 Å². The van der Waals surface area contributed by atoms with Crippen LogP contribution < -0.4 is 0 Å². The average molecular weight is 255 g/mol. The van der Waals surface area contributed by atoms with Crippen LogP contribution >= 0.6 is 11.6 Å². The normalized spacial score (nSPS) is 12.7. The molecule has 0 bridgehead atoms. The van der Waals surface area contributed by atoms with Gasteiger partial charge in [-0.3, -0.25) is 0 Å². The van der Waals surface area contributed by atoms with Gasteiger partial charge in [-0.25, -0.2) is 4.39 Å². The van der Waals surface area contributed by atoms with Crippen molar-refractivity contribution in [1.82, 2.24) is 0 Å². The highest BCUT2D eigenvalue weighted by Crippen LogP contribution is 2.24. The number of aliphatic hydroxyl groups is 1. The summed E-state index contributed by atoms with van der Waals surface area (Å²) in [6.07, 6.45) is 0.824. The van der Waals surface area contributed by atoms with Crippen molar-refractivity contribution in [2.24, 2.45) is 0 Å². The summed E-state index contributed by atoms with van der Waals surface area (Å²) in [5, 5.41) is 10.3. The molecule has 1 heterocycles. The van der Waals surface area contributed by atoms with Crippen molar-refractivity contribution in [3.8, 4) is 0 Å². The second kappa shape index (κ2) is 4.90. The van der Waals surface area contributed by atoms with Gasteiger partial charge in [-0.15, -0.1) is 0 Å². The van der Waals surface area contributed by atoms with Gasteiger partial charge in [0.25, 0.3) is 0 Å². The van der Waals surface area contributed by atoms with Gasteiger partial charge < -0.3 is 9.52 Å². The van der Waals surface area contributed by atoms with Crippen LogP contribution in [0.1, 0.15) is 23.0 Å². The first-order valence-electron chi connectivity index (χ1n) is 5.24. The molecule has 0 aliphatic carbocycles. The van der Waals surface area contributed by atoms with Crippen molar-refractivity contribution >= 4 is 11.6 Å². The summed E-state index contributed by atoms with van der Waals surface area (Å²) >= 11 is 5.66. The molecule has 0 radical (unpaired) electrons. The van der Waals surface area contributed by atoms with Gasteiger partial charge in [-0.05, 0) is 36.2 Å². The highest BCUT2D eigenvalue weighted by molar-refractivity contribution is 6.30. The molecule has 0 saturated carbocycles. The van der Waals surface area contributed by atoms with Crippen LogP contribution in [0.4, 0.5) is 4.39 Å². The average Bonchev–Trinajstić information content (AvgIpc) is 2.68. The molecule has 4 heteroatoms. The van der Waals surface area contributed by atoms with Crippen molar-refractivity contribution in [2.45, 2.75) is 19.4 Å². The van der Waals surface area contributed by atoms with E-state index < -0.39 is 11.9 Å². The van der Waals surface area contributed by atoms with Gasteiger partial charge in [0, 0.05) is 11.4 Å². The second-order valence-corrected chi connectivity index (χ2v) is 4.36. The molecule has 0 aliphatic rings. The lowest BCUT2D eigenvalue weighted by atomic mass is 10.0. The molecule has 0 fully saturated rings. The molecule has 0 saturated heterocycles. The number of hydrogen-bond acceptors (Lipinski definition) is 2. The van der Waals surface area contributed by atoms with E-state index in [4.69, 9.17) is 16.0 Å². The molecule has 1 atom stereocenters. The fraction of sp³-hybridized carbons (Fsp3) is 0.231. The number of aliphatic hydroxyl groups excluding tert-OH is 1. The van der Waals surface area contributed by atoms with E-state index in [0.717, 1.165) is 5.56 Å². The highest BCUT2D eigenvalue weighted by atomic mass is 35.5. The van der Waals surface area contributed by atoms with E-state index in [1.165, 1.54) is 12.3 Å². The van der Waals surface area contributed by atoms with Gasteiger partial charge in [0.15, 0.2) is 0 Å². The molecule has 1 aromatic carbocycles. The standard InChI is InChI=1S/C13H12ClFO2/c1-8-4-5-17-13(8)12(16)6-9-2-3-10(14)7-11(9)15/h2-5,7,12,16H,6H2,1H3. The molecule has 1 aromatic heterocycles. The fourth-order valence-corrected chi connectivity index (χ4v) is 1.87. The first kappa shape index (κ1) is 12.1. The molecule has 1 N–H and O–H groups in total. The van der Waals surface area contributed by atoms with Crippen LogP contribution in [-0.4, -0.2) is 5.11 Å². The molecule has 17 heavy (non-hydrogen) atoms. The molecule has 2 aromatic rings. The number of halogens is 2. The highest BCUT2D eigenvalue weighted by Gasteiger charge is 2.16. The second-order valence-electron chi connectivity index (χ2n) is 3.92. The zero-order chi connectivity index (χ0) is 12.4. The maximum absolute atomic E-state index is 13.5. The van der Waals surface area contributed by atoms with Crippen LogP contribution in [0.15, 0.2) is 34.9 Å². The van der Waals surface area contributed by atoms with Crippen molar-refractivity contribution in [3.05, 3.63) is 58.3 Å². The lowest BCUT2D eigenvalue weighted by Crippen LogP contribution is -2.03. The van der Waals surface area contributed by atoms with E-state index >= 15 is 0 Å². The molecule has 2 rings (SSSR count). The lowest BCUT2D eigenvalue weighted by molar-refractivity contribution is 0.148. The van der Waals surface area contributed by atoms with Crippen LogP contribution in [0, 0.1) is 12.7 Å². The summed E-state index contributed by atoms with van der Waals surface area (Å²) < 4.78 is 18.7. The van der Waals surface area contributed by atoms with Crippen LogP contribution in [-0.2, 0) is 6.42 Å². The van der Waals surface area contributed by atoms with Crippen molar-refractivity contribution in [2.75, 3.05) is 0 Å². The van der Waals surface area contributed by atoms with Gasteiger partial charge in [-0.2, -0.15) is 0 Å². The molecule has 0 aliphatic heterocycles. The molecule has 1 unspecified atom stereocenters. The van der Waals surface area contributed by atoms with Crippen LogP contribution in [0.2, 0.25) is 5.02 Å². The molecular weight excluding hydrogens is 243 g/mol. The van der Waals surface area contributed by atoms with Crippen LogP contribution in [0.5, 0.6) is 0 Å². The van der Waals surface area contributed by atoms with E-state index in [-0.39, 0.29) is 6.42 Å². The molecular formula is C13H12ClFO2. The minimum absolute atomic E-state index is 0.164. The maximum Gasteiger partial charge on any atom is 0.135 e. The van der Waals surface area contributed by atoms with Crippen molar-refractivity contribution in [3.63, 3.8) is 0 Å². The van der Waals surface area contributed by atoms with E-state index in [1.807, 2.05) is 6.92 Å². The monoisotopic (exact) mass is 254 g/mol. The Labute approximate surface area is 104 Å². The number of aryl methyl sites for hydroxylation is 1. The third-order valence-corrected chi connectivity index (χ3v) is 2.87. The van der Waals surface area contributed by atoms with Crippen LogP contribution in [0.3, 0.4) is 0 Å². The lowest BCUT2D eigenvalue weighted by Gasteiger charge is -2.10. The van der Waals surface area contributed by atoms with Gasteiger partial charge in [0.2, 0.25) is 0 Å². The van der Waals surface area contributed by atoms with Crippen LogP contribution in [0.25, 0.3) is 0 Å². The smallest absolute Gasteiger partial charge is 0.135 e. The van der Waals surface area contributed by atoms with Gasteiger partial charge >= 0.3 is 0 Å². The molecule has 0 spiro atoms. The zero-order valence-electron chi connectivity index (χ0n) is 9.28. The minimum atomic E-state index is -0.847.